The van der Waals surface area contributed by atoms with Crippen molar-refractivity contribution in [1.82, 2.24) is 10.2 Å². The van der Waals surface area contributed by atoms with Gasteiger partial charge in [-0.3, -0.25) is 9.59 Å². The first-order chi connectivity index (χ1) is 11.4. The van der Waals surface area contributed by atoms with E-state index in [1.165, 1.54) is 0 Å². The van der Waals surface area contributed by atoms with Crippen LogP contribution in [0.1, 0.15) is 31.7 Å². The van der Waals surface area contributed by atoms with Crippen molar-refractivity contribution in [3.8, 4) is 0 Å². The molecule has 0 saturated heterocycles. The summed E-state index contributed by atoms with van der Waals surface area (Å²) in [6.07, 6.45) is 2.18. The Morgan fingerprint density at radius 1 is 1.25 bits per heavy atom. The van der Waals surface area contributed by atoms with Crippen LogP contribution in [-0.2, 0) is 9.59 Å². The Morgan fingerprint density at radius 2 is 1.96 bits per heavy atom. The average molecular weight is 331 g/mol. The fraction of sp³-hybridized carbons (Fsp3) is 0.579. The van der Waals surface area contributed by atoms with Gasteiger partial charge in [-0.15, -0.1) is 0 Å². The smallest absolute Gasteiger partial charge is 0.242 e. The van der Waals surface area contributed by atoms with E-state index in [9.17, 15) is 9.59 Å². The highest BCUT2D eigenvalue weighted by Gasteiger charge is 2.57. The minimum atomic E-state index is -0.849. The Balaban J connectivity index is 2.02. The van der Waals surface area contributed by atoms with Crippen LogP contribution in [0.2, 0.25) is 0 Å². The highest BCUT2D eigenvalue weighted by Crippen LogP contribution is 2.48. The lowest BCUT2D eigenvalue weighted by molar-refractivity contribution is -0.135. The second-order valence-electron chi connectivity index (χ2n) is 6.88. The average Bonchev–Trinajstić information content (AvgIpc) is 3.33. The zero-order valence-electron chi connectivity index (χ0n) is 15.3. The number of rotatable bonds is 8. The monoisotopic (exact) mass is 331 g/mol. The third-order valence-electron chi connectivity index (χ3n) is 4.54. The van der Waals surface area contributed by atoms with Gasteiger partial charge in [-0.1, -0.05) is 12.1 Å². The molecule has 132 valence electrons. The third kappa shape index (κ3) is 4.15. The van der Waals surface area contributed by atoms with Crippen molar-refractivity contribution in [1.29, 1.82) is 0 Å². The fourth-order valence-corrected chi connectivity index (χ4v) is 2.93. The molecule has 2 rings (SSSR count). The molecule has 0 aliphatic heterocycles. The van der Waals surface area contributed by atoms with Crippen molar-refractivity contribution in [3.05, 3.63) is 29.8 Å². The van der Waals surface area contributed by atoms with E-state index in [-0.39, 0.29) is 11.8 Å². The zero-order valence-corrected chi connectivity index (χ0v) is 15.3. The van der Waals surface area contributed by atoms with E-state index in [0.717, 1.165) is 24.2 Å². The molecule has 0 heterocycles. The van der Waals surface area contributed by atoms with Gasteiger partial charge in [0.05, 0.1) is 0 Å². The van der Waals surface area contributed by atoms with Crippen LogP contribution in [0.25, 0.3) is 0 Å². The Labute approximate surface area is 145 Å². The van der Waals surface area contributed by atoms with Gasteiger partial charge >= 0.3 is 0 Å². The van der Waals surface area contributed by atoms with Crippen LogP contribution in [0.4, 0.5) is 5.69 Å². The lowest BCUT2D eigenvalue weighted by Crippen LogP contribution is -2.45. The molecule has 0 aromatic heterocycles. The molecule has 0 radical (unpaired) electrons. The Kier molecular flexibility index (Phi) is 5.99. The highest BCUT2D eigenvalue weighted by molar-refractivity contribution is 6.14. The molecule has 2 amide bonds. The van der Waals surface area contributed by atoms with Crippen LogP contribution in [0.3, 0.4) is 0 Å². The van der Waals surface area contributed by atoms with Gasteiger partial charge < -0.3 is 15.1 Å². The maximum Gasteiger partial charge on any atom is 0.242 e. The molecule has 0 spiro atoms. The number of carbonyl (C=O) groups is 2. The topological polar surface area (TPSA) is 52.7 Å². The molecule has 1 aromatic carbocycles. The summed E-state index contributed by atoms with van der Waals surface area (Å²) < 4.78 is 0. The number of nitrogens with one attached hydrogen (secondary N) is 1. The summed E-state index contributed by atoms with van der Waals surface area (Å²) in [6, 6.07) is 7.87. The third-order valence-corrected chi connectivity index (χ3v) is 4.54. The Hall–Kier alpha value is -1.88. The summed E-state index contributed by atoms with van der Waals surface area (Å²) in [4.78, 5) is 29.4. The van der Waals surface area contributed by atoms with Crippen molar-refractivity contribution in [2.75, 3.05) is 38.6 Å². The van der Waals surface area contributed by atoms with Crippen LogP contribution < -0.4 is 10.2 Å². The van der Waals surface area contributed by atoms with Gasteiger partial charge in [-0.05, 0) is 71.4 Å². The standard InChI is InChI=1S/C19H29N3O2/c1-5-22(16-9-6-8-15(2)14-16)18(24)19(10-11-19)17(23)20-12-7-13-21(3)4/h6,8-9,14H,5,7,10-13H2,1-4H3,(H,20,23). The largest absolute Gasteiger partial charge is 0.355 e. The molecule has 0 atom stereocenters. The van der Waals surface area contributed by atoms with Crippen molar-refractivity contribution in [3.63, 3.8) is 0 Å². The number of hydrogen-bond acceptors (Lipinski definition) is 3. The molecule has 0 bridgehead atoms. The quantitative estimate of drug-likeness (QED) is 0.587. The van der Waals surface area contributed by atoms with Gasteiger partial charge in [0.25, 0.3) is 0 Å². The first-order valence-corrected chi connectivity index (χ1v) is 8.72. The van der Waals surface area contributed by atoms with Gasteiger partial charge in [0, 0.05) is 18.8 Å². The van der Waals surface area contributed by atoms with Gasteiger partial charge in [-0.2, -0.15) is 0 Å². The number of benzene rings is 1. The predicted molar refractivity (Wildman–Crippen MR) is 97.1 cm³/mol. The summed E-state index contributed by atoms with van der Waals surface area (Å²) >= 11 is 0. The van der Waals surface area contributed by atoms with Gasteiger partial charge in [-0.25, -0.2) is 0 Å². The van der Waals surface area contributed by atoms with E-state index < -0.39 is 5.41 Å². The van der Waals surface area contributed by atoms with Crippen LogP contribution in [-0.4, -0.2) is 50.4 Å². The minimum Gasteiger partial charge on any atom is -0.355 e. The summed E-state index contributed by atoms with van der Waals surface area (Å²) in [6.45, 7) is 6.06. The molecular formula is C19H29N3O2. The van der Waals surface area contributed by atoms with Crippen LogP contribution in [0.5, 0.6) is 0 Å². The number of aryl methyl sites for hydroxylation is 1. The number of hydrogen-bond donors (Lipinski definition) is 1. The van der Waals surface area contributed by atoms with Gasteiger partial charge in [0.15, 0.2) is 0 Å². The molecule has 1 aliphatic rings. The molecule has 0 unspecified atom stereocenters. The van der Waals surface area contributed by atoms with E-state index in [4.69, 9.17) is 0 Å². The number of amides is 2. The summed E-state index contributed by atoms with van der Waals surface area (Å²) in [7, 11) is 4.02. The second-order valence-corrected chi connectivity index (χ2v) is 6.88. The highest BCUT2D eigenvalue weighted by atomic mass is 16.2. The van der Waals surface area contributed by atoms with E-state index in [2.05, 4.69) is 10.2 Å². The van der Waals surface area contributed by atoms with Gasteiger partial charge in [0.2, 0.25) is 11.8 Å². The molecule has 5 nitrogen and oxygen atoms in total. The van der Waals surface area contributed by atoms with Crippen LogP contribution in [0.15, 0.2) is 24.3 Å². The normalized spacial score (nSPS) is 15.2. The maximum absolute atomic E-state index is 13.0. The first-order valence-electron chi connectivity index (χ1n) is 8.72. The molecule has 1 N–H and O–H groups in total. The molecule has 5 heteroatoms. The SMILES string of the molecule is CCN(C(=O)C1(C(=O)NCCCN(C)C)CC1)c1cccc(C)c1. The van der Waals surface area contributed by atoms with E-state index in [1.807, 2.05) is 52.2 Å². The number of carbonyl (C=O) groups excluding carboxylic acids is 2. The van der Waals surface area contributed by atoms with Crippen LogP contribution >= 0.6 is 0 Å². The van der Waals surface area contributed by atoms with E-state index in [1.54, 1.807) is 4.90 Å². The van der Waals surface area contributed by atoms with Crippen molar-refractivity contribution in [2.45, 2.75) is 33.1 Å². The number of nitrogens with zero attached hydrogens (tertiary/aromatic N) is 2. The van der Waals surface area contributed by atoms with Crippen molar-refractivity contribution in [2.24, 2.45) is 5.41 Å². The summed E-state index contributed by atoms with van der Waals surface area (Å²) in [5.41, 5.74) is 1.13. The second kappa shape index (κ2) is 7.79. The minimum absolute atomic E-state index is 0.0688. The van der Waals surface area contributed by atoms with E-state index >= 15 is 0 Å². The van der Waals surface area contributed by atoms with Crippen molar-refractivity contribution < 1.29 is 9.59 Å². The lowest BCUT2D eigenvalue weighted by atomic mass is 10.0. The first kappa shape index (κ1) is 18.5. The summed E-state index contributed by atoms with van der Waals surface area (Å²) in [5, 5.41) is 2.95. The molecule has 1 fully saturated rings. The van der Waals surface area contributed by atoms with E-state index in [0.29, 0.717) is 25.9 Å². The number of anilines is 1. The van der Waals surface area contributed by atoms with Crippen molar-refractivity contribution >= 4 is 17.5 Å². The molecule has 24 heavy (non-hydrogen) atoms. The van der Waals surface area contributed by atoms with Gasteiger partial charge in [0.1, 0.15) is 5.41 Å². The molecular weight excluding hydrogens is 302 g/mol. The fourth-order valence-electron chi connectivity index (χ4n) is 2.93. The molecule has 1 aliphatic carbocycles. The predicted octanol–water partition coefficient (Wildman–Crippen LogP) is 2.20. The molecule has 1 aromatic rings. The zero-order chi connectivity index (χ0) is 17.7. The maximum atomic E-state index is 13.0. The van der Waals surface area contributed by atoms with Crippen LogP contribution in [0, 0.1) is 12.3 Å². The summed E-state index contributed by atoms with van der Waals surface area (Å²) in [5.74, 6) is -0.182. The Bertz CT molecular complexity index is 594. The Morgan fingerprint density at radius 3 is 2.50 bits per heavy atom. The molecule has 1 saturated carbocycles. The lowest BCUT2D eigenvalue weighted by Gasteiger charge is -2.26.